The summed E-state index contributed by atoms with van der Waals surface area (Å²) in [6.07, 6.45) is 0. The predicted octanol–water partition coefficient (Wildman–Crippen LogP) is 13.0. The first kappa shape index (κ1) is 26.4. The molecule has 0 aromatic heterocycles. The van der Waals surface area contributed by atoms with Gasteiger partial charge in [0.15, 0.2) is 0 Å². The first-order valence-electron chi connectivity index (χ1n) is 15.9. The highest BCUT2D eigenvalue weighted by atomic mass is 14.2. The highest BCUT2D eigenvalue weighted by Gasteiger charge is 2.17. The fourth-order valence-electron chi connectivity index (χ4n) is 7.19. The van der Waals surface area contributed by atoms with Gasteiger partial charge in [0.05, 0.1) is 0 Å². The van der Waals surface area contributed by atoms with Gasteiger partial charge in [0, 0.05) is 0 Å². The molecule has 0 bridgehead atoms. The molecule has 0 radical (unpaired) electrons. The molecule has 0 N–H and O–H groups in total. The molecule has 46 heavy (non-hydrogen) atoms. The van der Waals surface area contributed by atoms with Gasteiger partial charge >= 0.3 is 0 Å². The first-order valence-corrected chi connectivity index (χ1v) is 15.9. The van der Waals surface area contributed by atoms with Gasteiger partial charge in [0.25, 0.3) is 0 Å². The lowest BCUT2D eigenvalue weighted by Crippen LogP contribution is -1.91. The first-order chi connectivity index (χ1) is 22.8. The van der Waals surface area contributed by atoms with E-state index in [-0.39, 0.29) is 0 Å². The molecule has 9 rings (SSSR count). The molecule has 0 aliphatic heterocycles. The van der Waals surface area contributed by atoms with Crippen molar-refractivity contribution in [3.63, 3.8) is 0 Å². The Hall–Kier alpha value is -5.98. The van der Waals surface area contributed by atoms with Crippen LogP contribution in [0.15, 0.2) is 182 Å². The van der Waals surface area contributed by atoms with Gasteiger partial charge in [-0.15, -0.1) is 0 Å². The van der Waals surface area contributed by atoms with Crippen molar-refractivity contribution < 1.29 is 0 Å². The summed E-state index contributed by atoms with van der Waals surface area (Å²) in [5.74, 6) is 0. The summed E-state index contributed by atoms with van der Waals surface area (Å²) in [5, 5.41) is 10.1. The van der Waals surface area contributed by atoms with Gasteiger partial charge in [-0.2, -0.15) is 0 Å². The Labute approximate surface area is 268 Å². The monoisotopic (exact) mass is 582 g/mol. The van der Waals surface area contributed by atoms with Crippen LogP contribution in [0, 0.1) is 0 Å². The fraction of sp³-hybridized carbons (Fsp3) is 0. The average Bonchev–Trinajstić information content (AvgIpc) is 3.13. The maximum Gasteiger partial charge on any atom is -0.00262 e. The van der Waals surface area contributed by atoms with Crippen molar-refractivity contribution >= 4 is 43.1 Å². The molecule has 9 aromatic rings. The minimum Gasteiger partial charge on any atom is -0.0622 e. The smallest absolute Gasteiger partial charge is 0.00262 e. The zero-order chi connectivity index (χ0) is 30.5. The molecule has 0 amide bonds. The van der Waals surface area contributed by atoms with Crippen LogP contribution in [0.3, 0.4) is 0 Å². The molecular weight excluding hydrogens is 553 g/mol. The summed E-state index contributed by atoms with van der Waals surface area (Å²) in [5.41, 5.74) is 9.98. The van der Waals surface area contributed by atoms with E-state index in [1.807, 2.05) is 0 Å². The van der Waals surface area contributed by atoms with Crippen molar-refractivity contribution in [1.29, 1.82) is 0 Å². The Morgan fingerprint density at radius 1 is 0.196 bits per heavy atom. The van der Waals surface area contributed by atoms with Crippen molar-refractivity contribution in [2.75, 3.05) is 0 Å². The molecule has 0 aliphatic carbocycles. The number of rotatable bonds is 4. The van der Waals surface area contributed by atoms with Gasteiger partial charge in [-0.05, 0) is 112 Å². The second-order valence-electron chi connectivity index (χ2n) is 12.1. The summed E-state index contributed by atoms with van der Waals surface area (Å²) in [6, 6.07) is 66.6. The minimum absolute atomic E-state index is 1.23. The fourth-order valence-corrected chi connectivity index (χ4v) is 7.19. The van der Waals surface area contributed by atoms with E-state index >= 15 is 0 Å². The quantitative estimate of drug-likeness (QED) is 0.181. The van der Waals surface area contributed by atoms with Gasteiger partial charge in [-0.3, -0.25) is 0 Å². The summed E-state index contributed by atoms with van der Waals surface area (Å²) < 4.78 is 0. The molecule has 0 heterocycles. The van der Waals surface area contributed by atoms with Crippen LogP contribution >= 0.6 is 0 Å². The van der Waals surface area contributed by atoms with Crippen molar-refractivity contribution in [2.24, 2.45) is 0 Å². The summed E-state index contributed by atoms with van der Waals surface area (Å²) in [7, 11) is 0. The van der Waals surface area contributed by atoms with Gasteiger partial charge in [0.1, 0.15) is 0 Å². The van der Waals surface area contributed by atoms with E-state index in [1.54, 1.807) is 0 Å². The topological polar surface area (TPSA) is 0 Å². The van der Waals surface area contributed by atoms with Crippen molar-refractivity contribution in [3.05, 3.63) is 182 Å². The molecule has 0 nitrogen and oxygen atoms in total. The van der Waals surface area contributed by atoms with Crippen molar-refractivity contribution in [3.8, 4) is 44.5 Å². The van der Waals surface area contributed by atoms with Crippen molar-refractivity contribution in [2.45, 2.75) is 0 Å². The van der Waals surface area contributed by atoms with E-state index in [4.69, 9.17) is 0 Å². The molecule has 0 spiro atoms. The lowest BCUT2D eigenvalue weighted by atomic mass is 9.85. The van der Waals surface area contributed by atoms with E-state index in [9.17, 15) is 0 Å². The van der Waals surface area contributed by atoms with Crippen LogP contribution in [0.4, 0.5) is 0 Å². The van der Waals surface area contributed by atoms with Crippen LogP contribution in [0.2, 0.25) is 0 Å². The third-order valence-electron chi connectivity index (χ3n) is 9.40. The summed E-state index contributed by atoms with van der Waals surface area (Å²) in [6.45, 7) is 0. The zero-order valence-electron chi connectivity index (χ0n) is 25.3. The summed E-state index contributed by atoms with van der Waals surface area (Å²) in [4.78, 5) is 0. The lowest BCUT2D eigenvalue weighted by molar-refractivity contribution is 1.60. The van der Waals surface area contributed by atoms with Crippen LogP contribution in [0.5, 0.6) is 0 Å². The van der Waals surface area contributed by atoms with Crippen LogP contribution in [0.1, 0.15) is 0 Å². The molecule has 0 saturated carbocycles. The highest BCUT2D eigenvalue weighted by molar-refractivity contribution is 6.22. The van der Waals surface area contributed by atoms with Gasteiger partial charge in [-0.25, -0.2) is 0 Å². The molecule has 0 saturated heterocycles. The Balaban J connectivity index is 1.24. The van der Waals surface area contributed by atoms with Gasteiger partial charge < -0.3 is 0 Å². The van der Waals surface area contributed by atoms with E-state index in [0.29, 0.717) is 0 Å². The van der Waals surface area contributed by atoms with E-state index in [2.05, 4.69) is 182 Å². The Bertz CT molecular complexity index is 2520. The van der Waals surface area contributed by atoms with Crippen molar-refractivity contribution in [1.82, 2.24) is 0 Å². The minimum atomic E-state index is 1.23. The Morgan fingerprint density at radius 2 is 0.587 bits per heavy atom. The van der Waals surface area contributed by atoms with Gasteiger partial charge in [-0.1, -0.05) is 158 Å². The average molecular weight is 583 g/mol. The maximum absolute atomic E-state index is 2.38. The number of hydrogen-bond acceptors (Lipinski definition) is 0. The normalized spacial score (nSPS) is 11.5. The standard InChI is InChI=1S/C46H30/c1-2-11-31(12-3-1)35-15-10-16-36(27-35)37-24-21-33-23-26-39(30-40(33)29-37)46-43-19-8-6-17-41(43)45(42-18-7-9-20-44(42)46)38-25-22-32-13-4-5-14-34(32)28-38/h1-30H. The summed E-state index contributed by atoms with van der Waals surface area (Å²) >= 11 is 0. The molecule has 0 unspecified atom stereocenters. The lowest BCUT2D eigenvalue weighted by Gasteiger charge is -2.18. The highest BCUT2D eigenvalue weighted by Crippen LogP contribution is 2.44. The van der Waals surface area contributed by atoms with E-state index < -0.39 is 0 Å². The number of hydrogen-bond donors (Lipinski definition) is 0. The van der Waals surface area contributed by atoms with Crippen LogP contribution in [0.25, 0.3) is 87.6 Å². The largest absolute Gasteiger partial charge is 0.0622 e. The molecule has 214 valence electrons. The Kier molecular flexibility index (Phi) is 6.25. The van der Waals surface area contributed by atoms with Crippen LogP contribution < -0.4 is 0 Å². The molecule has 0 heteroatoms. The van der Waals surface area contributed by atoms with Crippen LogP contribution in [-0.2, 0) is 0 Å². The SMILES string of the molecule is c1ccc(-c2cccc(-c3ccc4ccc(-c5c6ccccc6c(-c6ccc7ccccc7c6)c6ccccc56)cc4c3)c2)cc1. The maximum atomic E-state index is 2.38. The second-order valence-corrected chi connectivity index (χ2v) is 12.1. The van der Waals surface area contributed by atoms with E-state index in [0.717, 1.165) is 0 Å². The molecule has 0 fully saturated rings. The molecule has 0 aliphatic rings. The van der Waals surface area contributed by atoms with Crippen LogP contribution in [-0.4, -0.2) is 0 Å². The number of fused-ring (bicyclic) bond motifs is 4. The molecule has 9 aromatic carbocycles. The van der Waals surface area contributed by atoms with E-state index in [1.165, 1.54) is 87.6 Å². The predicted molar refractivity (Wildman–Crippen MR) is 198 cm³/mol. The molecular formula is C46H30. The zero-order valence-corrected chi connectivity index (χ0v) is 25.3. The number of benzene rings is 9. The second kappa shape index (κ2) is 10.9. The van der Waals surface area contributed by atoms with Gasteiger partial charge in [0.2, 0.25) is 0 Å². The molecule has 0 atom stereocenters. The Morgan fingerprint density at radius 3 is 1.20 bits per heavy atom. The third kappa shape index (κ3) is 4.47. The third-order valence-corrected chi connectivity index (χ3v) is 9.40.